The summed E-state index contributed by atoms with van der Waals surface area (Å²) in [6, 6.07) is 8.00. The Morgan fingerprint density at radius 1 is 1.40 bits per heavy atom. The van der Waals surface area contributed by atoms with Crippen molar-refractivity contribution in [1.29, 1.82) is 0 Å². The van der Waals surface area contributed by atoms with Crippen molar-refractivity contribution in [2.75, 3.05) is 6.61 Å². The molecule has 0 saturated heterocycles. The van der Waals surface area contributed by atoms with Gasteiger partial charge in [-0.2, -0.15) is 11.3 Å². The maximum absolute atomic E-state index is 11.1. The van der Waals surface area contributed by atoms with Gasteiger partial charge in [-0.3, -0.25) is 15.0 Å². The first-order valence-electron chi connectivity index (χ1n) is 8.18. The quantitative estimate of drug-likeness (QED) is 0.422. The molecule has 2 aromatic rings. The zero-order valence-corrected chi connectivity index (χ0v) is 14.5. The molecule has 6 heteroatoms. The number of hydroxylamine groups is 1. The normalized spacial score (nSPS) is 16.6. The van der Waals surface area contributed by atoms with Gasteiger partial charge < -0.3 is 5.11 Å². The Morgan fingerprint density at radius 3 is 3.00 bits per heavy atom. The molecule has 0 fully saturated rings. The Hall–Kier alpha value is -2.28. The molecular formula is C19H20N2O3S. The molecule has 1 atom stereocenters. The van der Waals surface area contributed by atoms with Gasteiger partial charge in [-0.1, -0.05) is 12.1 Å². The van der Waals surface area contributed by atoms with E-state index in [0.717, 1.165) is 41.8 Å². The molecule has 0 bridgehead atoms. The standard InChI is InChI=1S/C19H20N2O3S/c22-8-1-2-15-11-14-5-3-13(4-6-18(23)21-24)10-17(14)20-19(15)16-7-9-25-12-16/h3-7,9-10,12,15,22,24H,1-2,8,11H2,(H,21,23)/b6-4+. The lowest BCUT2D eigenvalue weighted by Crippen LogP contribution is -2.21. The summed E-state index contributed by atoms with van der Waals surface area (Å²) < 4.78 is 0. The van der Waals surface area contributed by atoms with Crippen molar-refractivity contribution in [3.05, 3.63) is 57.8 Å². The fourth-order valence-corrected chi connectivity index (χ4v) is 3.69. The fourth-order valence-electron chi connectivity index (χ4n) is 3.04. The van der Waals surface area contributed by atoms with E-state index in [1.54, 1.807) is 22.9 Å². The molecule has 1 aromatic carbocycles. The van der Waals surface area contributed by atoms with Crippen LogP contribution in [-0.4, -0.2) is 28.5 Å². The third kappa shape index (κ3) is 4.22. The minimum Gasteiger partial charge on any atom is -0.396 e. The van der Waals surface area contributed by atoms with E-state index in [2.05, 4.69) is 11.4 Å². The minimum absolute atomic E-state index is 0.191. The van der Waals surface area contributed by atoms with E-state index in [4.69, 9.17) is 10.2 Å². The molecule has 1 aliphatic rings. The SMILES string of the molecule is O=C(/C=C/c1ccc2c(c1)N=C(c1ccsc1)C(CCCO)C2)NO. The van der Waals surface area contributed by atoms with Crippen LogP contribution in [0.1, 0.15) is 29.5 Å². The number of nitrogens with one attached hydrogen (secondary N) is 1. The number of carbonyl (C=O) groups excluding carboxylic acids is 1. The average Bonchev–Trinajstić information content (AvgIpc) is 3.18. The minimum atomic E-state index is -0.566. The number of hydrogen-bond donors (Lipinski definition) is 3. The number of aliphatic hydroxyl groups excluding tert-OH is 1. The molecule has 0 spiro atoms. The summed E-state index contributed by atoms with van der Waals surface area (Å²) in [4.78, 5) is 16.0. The van der Waals surface area contributed by atoms with Crippen LogP contribution in [0.3, 0.4) is 0 Å². The molecule has 0 radical (unpaired) electrons. The number of hydrogen-bond acceptors (Lipinski definition) is 5. The van der Waals surface area contributed by atoms with Crippen LogP contribution >= 0.6 is 11.3 Å². The van der Waals surface area contributed by atoms with Crippen molar-refractivity contribution < 1.29 is 15.1 Å². The molecule has 0 saturated carbocycles. The van der Waals surface area contributed by atoms with Crippen LogP contribution in [0.25, 0.3) is 6.08 Å². The Kier molecular flexibility index (Phi) is 5.75. The predicted molar refractivity (Wildman–Crippen MR) is 99.4 cm³/mol. The topological polar surface area (TPSA) is 81.9 Å². The summed E-state index contributed by atoms with van der Waals surface area (Å²) in [5.74, 6) is -0.264. The van der Waals surface area contributed by atoms with Gasteiger partial charge in [0.2, 0.25) is 0 Å². The number of aliphatic imine (C=N–C) groups is 1. The molecular weight excluding hydrogens is 336 g/mol. The number of fused-ring (bicyclic) bond motifs is 1. The largest absolute Gasteiger partial charge is 0.396 e. The van der Waals surface area contributed by atoms with Crippen LogP contribution < -0.4 is 5.48 Å². The van der Waals surface area contributed by atoms with Gasteiger partial charge in [0.05, 0.1) is 11.4 Å². The van der Waals surface area contributed by atoms with E-state index in [-0.39, 0.29) is 6.61 Å². The maximum Gasteiger partial charge on any atom is 0.267 e. The first-order valence-corrected chi connectivity index (χ1v) is 9.12. The third-order valence-corrected chi connectivity index (χ3v) is 4.95. The average molecular weight is 356 g/mol. The number of carbonyl (C=O) groups is 1. The van der Waals surface area contributed by atoms with Crippen molar-refractivity contribution in [2.24, 2.45) is 10.9 Å². The lowest BCUT2D eigenvalue weighted by molar-refractivity contribution is -0.124. The highest BCUT2D eigenvalue weighted by Crippen LogP contribution is 2.34. The number of rotatable bonds is 6. The Morgan fingerprint density at radius 2 is 2.28 bits per heavy atom. The summed E-state index contributed by atoms with van der Waals surface area (Å²) in [5, 5.41) is 21.9. The second-order valence-electron chi connectivity index (χ2n) is 5.97. The lowest BCUT2D eigenvalue weighted by atomic mass is 9.84. The van der Waals surface area contributed by atoms with Crippen LogP contribution in [0.4, 0.5) is 5.69 Å². The predicted octanol–water partition coefficient (Wildman–Crippen LogP) is 3.33. The second-order valence-corrected chi connectivity index (χ2v) is 6.75. The highest BCUT2D eigenvalue weighted by molar-refractivity contribution is 7.08. The van der Waals surface area contributed by atoms with E-state index in [9.17, 15) is 9.90 Å². The fraction of sp³-hybridized carbons (Fsp3) is 0.263. The highest BCUT2D eigenvalue weighted by atomic mass is 32.1. The lowest BCUT2D eigenvalue weighted by Gasteiger charge is -2.25. The van der Waals surface area contributed by atoms with E-state index < -0.39 is 5.91 Å². The monoisotopic (exact) mass is 356 g/mol. The molecule has 1 unspecified atom stereocenters. The summed E-state index contributed by atoms with van der Waals surface area (Å²) in [6.07, 6.45) is 5.48. The molecule has 1 amide bonds. The van der Waals surface area contributed by atoms with Crippen molar-refractivity contribution >= 4 is 34.7 Å². The van der Waals surface area contributed by atoms with Crippen molar-refractivity contribution in [2.45, 2.75) is 19.3 Å². The molecule has 3 rings (SSSR count). The summed E-state index contributed by atoms with van der Waals surface area (Å²) in [6.45, 7) is 0.191. The number of benzene rings is 1. The second kappa shape index (κ2) is 8.20. The number of thiophene rings is 1. The van der Waals surface area contributed by atoms with Crippen LogP contribution in [-0.2, 0) is 11.2 Å². The summed E-state index contributed by atoms with van der Waals surface area (Å²) in [7, 11) is 0. The third-order valence-electron chi connectivity index (χ3n) is 4.27. The van der Waals surface area contributed by atoms with E-state index in [0.29, 0.717) is 5.92 Å². The van der Waals surface area contributed by atoms with Gasteiger partial charge >= 0.3 is 0 Å². The van der Waals surface area contributed by atoms with Crippen molar-refractivity contribution in [1.82, 2.24) is 5.48 Å². The van der Waals surface area contributed by atoms with Gasteiger partial charge in [-0.15, -0.1) is 0 Å². The molecule has 1 aliphatic heterocycles. The number of nitrogens with zero attached hydrogens (tertiary/aromatic N) is 1. The van der Waals surface area contributed by atoms with Crippen LogP contribution in [0.15, 0.2) is 46.1 Å². The van der Waals surface area contributed by atoms with Gasteiger partial charge in [0, 0.05) is 24.2 Å². The Balaban J connectivity index is 1.93. The van der Waals surface area contributed by atoms with Gasteiger partial charge in [-0.25, -0.2) is 5.48 Å². The zero-order chi connectivity index (χ0) is 17.6. The maximum atomic E-state index is 11.1. The first-order chi connectivity index (χ1) is 12.2. The Labute approximate surface area is 150 Å². The van der Waals surface area contributed by atoms with Crippen molar-refractivity contribution in [3.63, 3.8) is 0 Å². The van der Waals surface area contributed by atoms with Gasteiger partial charge in [0.15, 0.2) is 0 Å². The molecule has 1 aromatic heterocycles. The highest BCUT2D eigenvalue weighted by Gasteiger charge is 2.24. The van der Waals surface area contributed by atoms with Crippen LogP contribution in [0, 0.1) is 5.92 Å². The van der Waals surface area contributed by atoms with Crippen molar-refractivity contribution in [3.8, 4) is 0 Å². The van der Waals surface area contributed by atoms with E-state index in [1.165, 1.54) is 11.6 Å². The van der Waals surface area contributed by atoms with Gasteiger partial charge in [-0.05, 0) is 59.4 Å². The summed E-state index contributed by atoms with van der Waals surface area (Å²) >= 11 is 1.65. The van der Waals surface area contributed by atoms with Crippen LogP contribution in [0.2, 0.25) is 0 Å². The molecule has 0 aliphatic carbocycles. The Bertz CT molecular complexity index is 797. The molecule has 2 heterocycles. The van der Waals surface area contributed by atoms with Gasteiger partial charge in [0.1, 0.15) is 0 Å². The molecule has 130 valence electrons. The van der Waals surface area contributed by atoms with E-state index >= 15 is 0 Å². The van der Waals surface area contributed by atoms with Crippen LogP contribution in [0.5, 0.6) is 0 Å². The summed E-state index contributed by atoms with van der Waals surface area (Å²) in [5.41, 5.74) is 6.71. The zero-order valence-electron chi connectivity index (χ0n) is 13.7. The van der Waals surface area contributed by atoms with Gasteiger partial charge in [0.25, 0.3) is 5.91 Å². The first kappa shape index (κ1) is 17.5. The smallest absolute Gasteiger partial charge is 0.267 e. The number of aliphatic hydroxyl groups is 1. The molecule has 5 nitrogen and oxygen atoms in total. The van der Waals surface area contributed by atoms with E-state index in [1.807, 2.05) is 23.6 Å². The molecule has 25 heavy (non-hydrogen) atoms. The number of amides is 1. The molecule has 3 N–H and O–H groups in total.